The SMILES string of the molecule is CC(C)(C)c1nc(CN2CCN(C(=O)[C@@H](N)C(C)(C)C)CC2)cs1.Cl.Cl. The molecule has 0 radical (unpaired) electrons. The lowest BCUT2D eigenvalue weighted by Gasteiger charge is -2.38. The molecule has 0 aromatic carbocycles. The van der Waals surface area contributed by atoms with Crippen molar-refractivity contribution in [2.24, 2.45) is 11.1 Å². The zero-order valence-electron chi connectivity index (χ0n) is 16.7. The first-order chi connectivity index (χ1) is 11.0. The number of thiazole rings is 1. The van der Waals surface area contributed by atoms with Crippen molar-refractivity contribution in [3.8, 4) is 0 Å². The lowest BCUT2D eigenvalue weighted by atomic mass is 9.86. The number of halogens is 2. The Labute approximate surface area is 174 Å². The Morgan fingerprint density at radius 1 is 1.15 bits per heavy atom. The first kappa shape index (κ1) is 25.6. The van der Waals surface area contributed by atoms with E-state index >= 15 is 0 Å². The van der Waals surface area contributed by atoms with Crippen LogP contribution in [0.25, 0.3) is 0 Å². The van der Waals surface area contributed by atoms with Crippen LogP contribution in [0.15, 0.2) is 5.38 Å². The van der Waals surface area contributed by atoms with Gasteiger partial charge < -0.3 is 10.6 Å². The van der Waals surface area contributed by atoms with E-state index in [1.54, 1.807) is 11.3 Å². The van der Waals surface area contributed by atoms with E-state index in [0.29, 0.717) is 0 Å². The summed E-state index contributed by atoms with van der Waals surface area (Å²) in [5.74, 6) is 0.0748. The van der Waals surface area contributed by atoms with Crippen LogP contribution in [0.4, 0.5) is 0 Å². The zero-order valence-corrected chi connectivity index (χ0v) is 19.2. The summed E-state index contributed by atoms with van der Waals surface area (Å²) in [7, 11) is 0. The Hall–Kier alpha value is -0.400. The number of hydrogen-bond acceptors (Lipinski definition) is 5. The van der Waals surface area contributed by atoms with Crippen molar-refractivity contribution < 1.29 is 4.79 Å². The van der Waals surface area contributed by atoms with Crippen LogP contribution in [0.1, 0.15) is 52.2 Å². The lowest BCUT2D eigenvalue weighted by Crippen LogP contribution is -2.56. The van der Waals surface area contributed by atoms with Crippen molar-refractivity contribution in [3.63, 3.8) is 0 Å². The number of amides is 1. The van der Waals surface area contributed by atoms with Crippen LogP contribution in [0.3, 0.4) is 0 Å². The molecule has 0 spiro atoms. The number of carbonyl (C=O) groups excluding carboxylic acids is 1. The van der Waals surface area contributed by atoms with E-state index in [9.17, 15) is 4.79 Å². The van der Waals surface area contributed by atoms with Crippen molar-refractivity contribution in [3.05, 3.63) is 16.1 Å². The summed E-state index contributed by atoms with van der Waals surface area (Å²) in [6.45, 7) is 16.7. The highest BCUT2D eigenvalue weighted by Gasteiger charge is 2.32. The fourth-order valence-corrected chi connectivity index (χ4v) is 3.55. The van der Waals surface area contributed by atoms with Gasteiger partial charge in [0.05, 0.1) is 16.7 Å². The first-order valence-electron chi connectivity index (χ1n) is 8.70. The topological polar surface area (TPSA) is 62.5 Å². The molecule has 1 atom stereocenters. The molecule has 2 heterocycles. The maximum Gasteiger partial charge on any atom is 0.240 e. The zero-order chi connectivity index (χ0) is 18.1. The van der Waals surface area contributed by atoms with Gasteiger partial charge in [-0.1, -0.05) is 41.5 Å². The number of nitrogens with two attached hydrogens (primary N) is 1. The minimum atomic E-state index is -0.433. The first-order valence-corrected chi connectivity index (χ1v) is 9.58. The van der Waals surface area contributed by atoms with Crippen LogP contribution >= 0.6 is 36.2 Å². The molecule has 0 saturated carbocycles. The van der Waals surface area contributed by atoms with Gasteiger partial charge in [-0.05, 0) is 5.41 Å². The van der Waals surface area contributed by atoms with Gasteiger partial charge in [-0.2, -0.15) is 0 Å². The van der Waals surface area contributed by atoms with Gasteiger partial charge in [0.15, 0.2) is 0 Å². The number of nitrogens with zero attached hydrogens (tertiary/aromatic N) is 3. The highest BCUT2D eigenvalue weighted by atomic mass is 35.5. The van der Waals surface area contributed by atoms with E-state index in [4.69, 9.17) is 10.7 Å². The van der Waals surface area contributed by atoms with E-state index in [-0.39, 0.29) is 41.6 Å². The van der Waals surface area contributed by atoms with E-state index in [1.165, 1.54) is 5.01 Å². The van der Waals surface area contributed by atoms with Crippen LogP contribution in [0.5, 0.6) is 0 Å². The molecule has 1 fully saturated rings. The summed E-state index contributed by atoms with van der Waals surface area (Å²) in [6.07, 6.45) is 0. The van der Waals surface area contributed by atoms with Gasteiger partial charge in [0.25, 0.3) is 0 Å². The predicted molar refractivity (Wildman–Crippen MR) is 115 cm³/mol. The molecule has 1 saturated heterocycles. The summed E-state index contributed by atoms with van der Waals surface area (Å²) in [4.78, 5) is 21.5. The molecular formula is C18H34Cl2N4OS. The van der Waals surface area contributed by atoms with Gasteiger partial charge in [-0.15, -0.1) is 36.2 Å². The Kier molecular flexibility index (Phi) is 9.54. The van der Waals surface area contributed by atoms with Crippen LogP contribution < -0.4 is 5.73 Å². The third kappa shape index (κ3) is 6.64. The van der Waals surface area contributed by atoms with E-state index < -0.39 is 6.04 Å². The molecule has 5 nitrogen and oxygen atoms in total. The Morgan fingerprint density at radius 3 is 2.12 bits per heavy atom. The molecule has 2 N–H and O–H groups in total. The molecule has 1 aliphatic rings. The molecule has 2 rings (SSSR count). The van der Waals surface area contributed by atoms with Crippen molar-refractivity contribution in [1.82, 2.24) is 14.8 Å². The maximum absolute atomic E-state index is 12.5. The molecule has 152 valence electrons. The molecule has 0 bridgehead atoms. The molecule has 1 aliphatic heterocycles. The van der Waals surface area contributed by atoms with Gasteiger partial charge in [-0.3, -0.25) is 9.69 Å². The van der Waals surface area contributed by atoms with E-state index in [1.807, 2.05) is 25.7 Å². The highest BCUT2D eigenvalue weighted by molar-refractivity contribution is 7.09. The van der Waals surface area contributed by atoms with Crippen LogP contribution in [-0.2, 0) is 16.8 Å². The van der Waals surface area contributed by atoms with Gasteiger partial charge in [0.1, 0.15) is 0 Å². The summed E-state index contributed by atoms with van der Waals surface area (Å²) >= 11 is 1.74. The quantitative estimate of drug-likeness (QED) is 0.807. The molecule has 1 amide bonds. The number of carbonyl (C=O) groups is 1. The summed E-state index contributed by atoms with van der Waals surface area (Å²) < 4.78 is 0. The second kappa shape index (κ2) is 9.69. The predicted octanol–water partition coefficient (Wildman–Crippen LogP) is 3.30. The third-order valence-electron chi connectivity index (χ3n) is 4.46. The molecule has 1 aromatic heterocycles. The van der Waals surface area contributed by atoms with Gasteiger partial charge >= 0.3 is 0 Å². The fraction of sp³-hybridized carbons (Fsp3) is 0.778. The monoisotopic (exact) mass is 424 g/mol. The Bertz CT molecular complexity index is 572. The Morgan fingerprint density at radius 2 is 1.69 bits per heavy atom. The molecular weight excluding hydrogens is 391 g/mol. The maximum atomic E-state index is 12.5. The normalized spacial score (nSPS) is 17.3. The minimum Gasteiger partial charge on any atom is -0.339 e. The lowest BCUT2D eigenvalue weighted by molar-refractivity contribution is -0.136. The van der Waals surface area contributed by atoms with Crippen molar-refractivity contribution in [1.29, 1.82) is 0 Å². The van der Waals surface area contributed by atoms with Gasteiger partial charge in [-0.25, -0.2) is 4.98 Å². The molecule has 0 aliphatic carbocycles. The molecule has 1 aromatic rings. The van der Waals surface area contributed by atoms with Crippen molar-refractivity contribution in [2.45, 2.75) is 59.5 Å². The third-order valence-corrected chi connectivity index (χ3v) is 5.78. The standard InChI is InChI=1S/C18H32N4OS.2ClH/c1-17(2,3)14(19)15(23)22-9-7-21(8-10-22)11-13-12-24-16(20-13)18(4,5)6;;/h12,14H,7-11,19H2,1-6H3;2*1H/t14-;;/m1../s1. The number of rotatable bonds is 3. The molecule has 0 unspecified atom stereocenters. The average molecular weight is 425 g/mol. The fourth-order valence-electron chi connectivity index (χ4n) is 2.65. The van der Waals surface area contributed by atoms with Gasteiger partial charge in [0.2, 0.25) is 5.91 Å². The number of piperazine rings is 1. The van der Waals surface area contributed by atoms with Crippen molar-refractivity contribution in [2.75, 3.05) is 26.2 Å². The van der Waals surface area contributed by atoms with Crippen LogP contribution in [0.2, 0.25) is 0 Å². The average Bonchev–Trinajstić information content (AvgIpc) is 2.94. The van der Waals surface area contributed by atoms with Crippen LogP contribution in [0, 0.1) is 5.41 Å². The van der Waals surface area contributed by atoms with Crippen LogP contribution in [-0.4, -0.2) is 52.9 Å². The summed E-state index contributed by atoms with van der Waals surface area (Å²) in [5.41, 5.74) is 7.16. The van der Waals surface area contributed by atoms with E-state index in [0.717, 1.165) is 38.4 Å². The summed E-state index contributed by atoms with van der Waals surface area (Å²) in [6, 6.07) is -0.433. The van der Waals surface area contributed by atoms with Gasteiger partial charge in [0, 0.05) is 43.5 Å². The van der Waals surface area contributed by atoms with Crippen molar-refractivity contribution >= 4 is 42.1 Å². The summed E-state index contributed by atoms with van der Waals surface area (Å²) in [5, 5.41) is 3.34. The second-order valence-corrected chi connectivity index (χ2v) is 9.70. The largest absolute Gasteiger partial charge is 0.339 e. The second-order valence-electron chi connectivity index (χ2n) is 8.84. The molecule has 8 heteroatoms. The highest BCUT2D eigenvalue weighted by Crippen LogP contribution is 2.26. The minimum absolute atomic E-state index is 0. The van der Waals surface area contributed by atoms with E-state index in [2.05, 4.69) is 31.1 Å². The number of aromatic nitrogens is 1. The molecule has 26 heavy (non-hydrogen) atoms. The number of hydrogen-bond donors (Lipinski definition) is 1. The smallest absolute Gasteiger partial charge is 0.240 e. The Balaban J connectivity index is 0.00000312.